The molecule has 1 amide bonds. The number of pyridine rings is 1. The van der Waals surface area contributed by atoms with Crippen molar-refractivity contribution in [1.82, 2.24) is 10.3 Å². The molecule has 1 aromatic heterocycles. The van der Waals surface area contributed by atoms with Crippen molar-refractivity contribution in [2.75, 3.05) is 5.73 Å². The van der Waals surface area contributed by atoms with E-state index >= 15 is 0 Å². The molecule has 1 heterocycles. The normalized spacial score (nSPS) is 13.5. The van der Waals surface area contributed by atoms with Gasteiger partial charge in [-0.2, -0.15) is 13.2 Å². The minimum absolute atomic E-state index is 0.149. The third-order valence-corrected chi connectivity index (χ3v) is 3.15. The molecule has 0 saturated carbocycles. The lowest BCUT2D eigenvalue weighted by Gasteiger charge is -2.22. The molecule has 1 atom stereocenters. The van der Waals surface area contributed by atoms with Gasteiger partial charge in [0.15, 0.2) is 0 Å². The molecule has 0 aliphatic carbocycles. The minimum atomic E-state index is -4.52. The van der Waals surface area contributed by atoms with Crippen LogP contribution in [0.1, 0.15) is 51.7 Å². The molecule has 0 radical (unpaired) electrons. The van der Waals surface area contributed by atoms with Crippen molar-refractivity contribution in [2.24, 2.45) is 0 Å². The fourth-order valence-electron chi connectivity index (χ4n) is 2.08. The van der Waals surface area contributed by atoms with Crippen molar-refractivity contribution in [3.05, 3.63) is 23.4 Å². The maximum Gasteiger partial charge on any atom is 0.419 e. The van der Waals surface area contributed by atoms with E-state index < -0.39 is 29.3 Å². The van der Waals surface area contributed by atoms with Crippen molar-refractivity contribution < 1.29 is 22.7 Å². The Kier molecular flexibility index (Phi) is 6.45. The SMILES string of the molecule is C[C@@H](CCCc1cnc(N)c(C(F)(F)F)c1)NC(=O)OC(C)(C)C. The van der Waals surface area contributed by atoms with Crippen LogP contribution in [0, 0.1) is 0 Å². The number of nitrogens with two attached hydrogens (primary N) is 1. The van der Waals surface area contributed by atoms with E-state index in [4.69, 9.17) is 10.5 Å². The lowest BCUT2D eigenvalue weighted by atomic mass is 10.1. The van der Waals surface area contributed by atoms with Gasteiger partial charge in [0, 0.05) is 12.2 Å². The van der Waals surface area contributed by atoms with Crippen molar-refractivity contribution in [3.8, 4) is 0 Å². The Bertz CT molecular complexity index is 569. The number of nitrogen functional groups attached to an aromatic ring is 1. The van der Waals surface area contributed by atoms with Crippen LogP contribution in [0.25, 0.3) is 0 Å². The number of alkyl halides is 3. The van der Waals surface area contributed by atoms with Crippen molar-refractivity contribution in [3.63, 3.8) is 0 Å². The number of ether oxygens (including phenoxy) is 1. The van der Waals surface area contributed by atoms with E-state index in [1.807, 2.05) is 6.92 Å². The number of nitrogens with zero attached hydrogens (tertiary/aromatic N) is 1. The van der Waals surface area contributed by atoms with Gasteiger partial charge in [0.1, 0.15) is 11.4 Å². The van der Waals surface area contributed by atoms with Gasteiger partial charge < -0.3 is 15.8 Å². The third-order valence-electron chi connectivity index (χ3n) is 3.15. The van der Waals surface area contributed by atoms with Crippen molar-refractivity contribution in [2.45, 2.75) is 64.8 Å². The molecule has 136 valence electrons. The number of carbonyl (C=O) groups excluding carboxylic acids is 1. The summed E-state index contributed by atoms with van der Waals surface area (Å²) in [7, 11) is 0. The number of carbonyl (C=O) groups is 1. The summed E-state index contributed by atoms with van der Waals surface area (Å²) in [4.78, 5) is 15.2. The molecule has 0 aliphatic heterocycles. The molecule has 8 heteroatoms. The van der Waals surface area contributed by atoms with Gasteiger partial charge in [-0.25, -0.2) is 9.78 Å². The van der Waals surface area contributed by atoms with E-state index in [1.54, 1.807) is 20.8 Å². The first-order valence-electron chi connectivity index (χ1n) is 7.69. The summed E-state index contributed by atoms with van der Waals surface area (Å²) in [6.07, 6.45) is -2.07. The monoisotopic (exact) mass is 347 g/mol. The highest BCUT2D eigenvalue weighted by Gasteiger charge is 2.33. The number of rotatable bonds is 5. The molecule has 0 unspecified atom stereocenters. The highest BCUT2D eigenvalue weighted by molar-refractivity contribution is 5.67. The molecule has 0 fully saturated rings. The summed E-state index contributed by atoms with van der Waals surface area (Å²) in [6, 6.07) is 0.873. The first-order chi connectivity index (χ1) is 10.9. The second-order valence-electron chi connectivity index (χ2n) is 6.71. The molecule has 0 bridgehead atoms. The van der Waals surface area contributed by atoms with Crippen LogP contribution in [0.3, 0.4) is 0 Å². The lowest BCUT2D eigenvalue weighted by Crippen LogP contribution is -2.37. The molecule has 0 saturated heterocycles. The van der Waals surface area contributed by atoms with Gasteiger partial charge in [-0.3, -0.25) is 0 Å². The quantitative estimate of drug-likeness (QED) is 0.846. The van der Waals surface area contributed by atoms with Gasteiger partial charge in [-0.1, -0.05) is 0 Å². The Balaban J connectivity index is 2.49. The number of anilines is 1. The number of aromatic nitrogens is 1. The number of amides is 1. The Labute approximate surface area is 139 Å². The standard InChI is InChI=1S/C16H24F3N3O2/c1-10(22-14(23)24-15(2,3)4)6-5-7-11-8-12(16(17,18)19)13(20)21-9-11/h8-10H,5-7H2,1-4H3,(H2,20,21)(H,22,23)/t10-/m0/s1. The fraction of sp³-hybridized carbons (Fsp3) is 0.625. The number of aryl methyl sites for hydroxylation is 1. The average molecular weight is 347 g/mol. The van der Waals surface area contributed by atoms with Crippen LogP contribution < -0.4 is 11.1 Å². The van der Waals surface area contributed by atoms with Crippen molar-refractivity contribution >= 4 is 11.9 Å². The minimum Gasteiger partial charge on any atom is -0.444 e. The lowest BCUT2D eigenvalue weighted by molar-refractivity contribution is -0.137. The van der Waals surface area contributed by atoms with Crippen LogP contribution in [-0.4, -0.2) is 22.7 Å². The van der Waals surface area contributed by atoms with E-state index in [2.05, 4.69) is 10.3 Å². The van der Waals surface area contributed by atoms with E-state index in [0.717, 1.165) is 6.07 Å². The smallest absolute Gasteiger partial charge is 0.419 e. The zero-order valence-electron chi connectivity index (χ0n) is 14.3. The summed E-state index contributed by atoms with van der Waals surface area (Å²) in [5.41, 5.74) is 4.23. The van der Waals surface area contributed by atoms with Crippen LogP contribution >= 0.6 is 0 Å². The Morgan fingerprint density at radius 2 is 2.00 bits per heavy atom. The zero-order valence-corrected chi connectivity index (χ0v) is 14.3. The van der Waals surface area contributed by atoms with Crippen LogP contribution in [0.4, 0.5) is 23.8 Å². The van der Waals surface area contributed by atoms with E-state index in [1.165, 1.54) is 6.20 Å². The summed E-state index contributed by atoms with van der Waals surface area (Å²) in [5.74, 6) is -0.522. The van der Waals surface area contributed by atoms with Gasteiger partial charge in [-0.15, -0.1) is 0 Å². The van der Waals surface area contributed by atoms with E-state index in [-0.39, 0.29) is 6.04 Å². The first kappa shape index (κ1) is 20.1. The topological polar surface area (TPSA) is 77.2 Å². The number of hydrogen-bond acceptors (Lipinski definition) is 4. The number of nitrogens with one attached hydrogen (secondary N) is 1. The van der Waals surface area contributed by atoms with E-state index in [9.17, 15) is 18.0 Å². The van der Waals surface area contributed by atoms with E-state index in [0.29, 0.717) is 24.8 Å². The van der Waals surface area contributed by atoms with Crippen molar-refractivity contribution in [1.29, 1.82) is 0 Å². The molecular weight excluding hydrogens is 323 g/mol. The van der Waals surface area contributed by atoms with Crippen LogP contribution in [-0.2, 0) is 17.3 Å². The Hall–Kier alpha value is -1.99. The molecule has 1 rings (SSSR count). The molecule has 0 aliphatic rings. The van der Waals surface area contributed by atoms with Gasteiger partial charge in [-0.05, 0) is 58.6 Å². The number of halogens is 3. The van der Waals surface area contributed by atoms with Gasteiger partial charge in [0.2, 0.25) is 0 Å². The predicted octanol–water partition coefficient (Wildman–Crippen LogP) is 3.92. The van der Waals surface area contributed by atoms with Gasteiger partial charge >= 0.3 is 12.3 Å². The second kappa shape index (κ2) is 7.72. The zero-order chi connectivity index (χ0) is 18.5. The average Bonchev–Trinajstić information content (AvgIpc) is 2.36. The van der Waals surface area contributed by atoms with Crippen LogP contribution in [0.2, 0.25) is 0 Å². The van der Waals surface area contributed by atoms with Gasteiger partial charge in [0.05, 0.1) is 5.56 Å². The molecule has 5 nitrogen and oxygen atoms in total. The number of alkyl carbamates (subject to hydrolysis) is 1. The van der Waals surface area contributed by atoms with Crippen LogP contribution in [0.5, 0.6) is 0 Å². The highest BCUT2D eigenvalue weighted by atomic mass is 19.4. The Morgan fingerprint density at radius 1 is 1.38 bits per heavy atom. The third kappa shape index (κ3) is 7.06. The largest absolute Gasteiger partial charge is 0.444 e. The molecule has 1 aromatic rings. The molecule has 0 spiro atoms. The molecule has 3 N–H and O–H groups in total. The second-order valence-corrected chi connectivity index (χ2v) is 6.71. The maximum absolute atomic E-state index is 12.8. The highest BCUT2D eigenvalue weighted by Crippen LogP contribution is 2.33. The molecule has 24 heavy (non-hydrogen) atoms. The summed E-state index contributed by atoms with van der Waals surface area (Å²) < 4.78 is 43.5. The number of hydrogen-bond donors (Lipinski definition) is 2. The maximum atomic E-state index is 12.8. The molecular formula is C16H24F3N3O2. The molecule has 0 aromatic carbocycles. The van der Waals surface area contributed by atoms with Gasteiger partial charge in [0.25, 0.3) is 0 Å². The summed E-state index contributed by atoms with van der Waals surface area (Å²) in [6.45, 7) is 7.11. The first-order valence-corrected chi connectivity index (χ1v) is 7.69. The summed E-state index contributed by atoms with van der Waals surface area (Å²) >= 11 is 0. The predicted molar refractivity (Wildman–Crippen MR) is 85.4 cm³/mol. The summed E-state index contributed by atoms with van der Waals surface area (Å²) in [5, 5.41) is 2.69. The fourth-order valence-corrected chi connectivity index (χ4v) is 2.08. The Morgan fingerprint density at radius 3 is 2.54 bits per heavy atom. The van der Waals surface area contributed by atoms with Crippen LogP contribution in [0.15, 0.2) is 12.3 Å².